The molecule has 0 aromatic heterocycles. The number of aliphatic hydroxyl groups is 1. The van der Waals surface area contributed by atoms with Crippen LogP contribution in [0.15, 0.2) is 0 Å². The van der Waals surface area contributed by atoms with Crippen LogP contribution >= 0.6 is 0 Å². The third kappa shape index (κ3) is 2.38. The lowest BCUT2D eigenvalue weighted by Gasteiger charge is -2.32. The Labute approximate surface area is 94.3 Å². The van der Waals surface area contributed by atoms with Gasteiger partial charge >= 0.3 is 0 Å². The summed E-state index contributed by atoms with van der Waals surface area (Å²) in [6, 6.07) is 0. The molecule has 0 aromatic rings. The van der Waals surface area contributed by atoms with Crippen molar-refractivity contribution in [2.45, 2.75) is 70.8 Å². The van der Waals surface area contributed by atoms with Crippen LogP contribution in [0.4, 0.5) is 0 Å². The molecule has 0 bridgehead atoms. The molecule has 1 nitrogen and oxygen atoms in total. The van der Waals surface area contributed by atoms with Crippen LogP contribution < -0.4 is 0 Å². The SMILES string of the molecule is CCCCC1CCC(C2(O)CC2C)CC1. The average molecular weight is 210 g/mol. The van der Waals surface area contributed by atoms with E-state index < -0.39 is 0 Å². The van der Waals surface area contributed by atoms with E-state index in [1.54, 1.807) is 0 Å². The molecule has 0 spiro atoms. The van der Waals surface area contributed by atoms with Gasteiger partial charge in [0.2, 0.25) is 0 Å². The number of hydrogen-bond donors (Lipinski definition) is 1. The van der Waals surface area contributed by atoms with Crippen LogP contribution in [-0.2, 0) is 0 Å². The summed E-state index contributed by atoms with van der Waals surface area (Å²) in [5.41, 5.74) is -0.240. The fraction of sp³-hybridized carbons (Fsp3) is 1.00. The summed E-state index contributed by atoms with van der Waals surface area (Å²) in [5, 5.41) is 10.3. The van der Waals surface area contributed by atoms with Crippen molar-refractivity contribution in [3.63, 3.8) is 0 Å². The molecule has 0 amide bonds. The first kappa shape index (κ1) is 11.4. The Morgan fingerprint density at radius 3 is 2.27 bits per heavy atom. The maximum Gasteiger partial charge on any atom is 0.0705 e. The first-order valence-corrected chi connectivity index (χ1v) is 6.89. The third-order valence-corrected chi connectivity index (χ3v) is 4.85. The van der Waals surface area contributed by atoms with Gasteiger partial charge in [-0.2, -0.15) is 0 Å². The van der Waals surface area contributed by atoms with Gasteiger partial charge in [-0.25, -0.2) is 0 Å². The largest absolute Gasteiger partial charge is 0.389 e. The van der Waals surface area contributed by atoms with Crippen molar-refractivity contribution in [2.24, 2.45) is 17.8 Å². The van der Waals surface area contributed by atoms with Crippen molar-refractivity contribution in [1.29, 1.82) is 0 Å². The van der Waals surface area contributed by atoms with Crippen LogP contribution in [-0.4, -0.2) is 10.7 Å². The highest BCUT2D eigenvalue weighted by Gasteiger charge is 2.55. The molecular weight excluding hydrogens is 184 g/mol. The van der Waals surface area contributed by atoms with Crippen molar-refractivity contribution in [3.8, 4) is 0 Å². The quantitative estimate of drug-likeness (QED) is 0.749. The first-order chi connectivity index (χ1) is 7.16. The van der Waals surface area contributed by atoms with Crippen LogP contribution in [0.2, 0.25) is 0 Å². The Morgan fingerprint density at radius 2 is 1.80 bits per heavy atom. The zero-order valence-electron chi connectivity index (χ0n) is 10.3. The van der Waals surface area contributed by atoms with Gasteiger partial charge < -0.3 is 5.11 Å². The minimum Gasteiger partial charge on any atom is -0.389 e. The second-order valence-corrected chi connectivity index (χ2v) is 5.96. The van der Waals surface area contributed by atoms with Gasteiger partial charge in [-0.3, -0.25) is 0 Å². The molecule has 1 N–H and O–H groups in total. The number of hydrogen-bond acceptors (Lipinski definition) is 1. The summed E-state index contributed by atoms with van der Waals surface area (Å²) < 4.78 is 0. The molecule has 0 heterocycles. The second kappa shape index (κ2) is 4.45. The van der Waals surface area contributed by atoms with Gasteiger partial charge in [0.05, 0.1) is 5.60 Å². The van der Waals surface area contributed by atoms with Gasteiger partial charge in [0.25, 0.3) is 0 Å². The Kier molecular flexibility index (Phi) is 3.39. The van der Waals surface area contributed by atoms with E-state index in [1.165, 1.54) is 44.9 Å². The summed E-state index contributed by atoms with van der Waals surface area (Å²) >= 11 is 0. The van der Waals surface area contributed by atoms with Crippen LogP contribution in [0, 0.1) is 17.8 Å². The van der Waals surface area contributed by atoms with E-state index in [2.05, 4.69) is 13.8 Å². The molecule has 2 saturated carbocycles. The molecule has 2 fully saturated rings. The zero-order chi connectivity index (χ0) is 10.9. The molecule has 0 aromatic carbocycles. The lowest BCUT2D eigenvalue weighted by molar-refractivity contribution is 0.0378. The predicted octanol–water partition coefficient (Wildman–Crippen LogP) is 3.75. The molecule has 2 unspecified atom stereocenters. The summed E-state index contributed by atoms with van der Waals surface area (Å²) in [6.07, 6.45) is 10.6. The Balaban J connectivity index is 1.73. The lowest BCUT2D eigenvalue weighted by atomic mass is 9.76. The van der Waals surface area contributed by atoms with E-state index in [-0.39, 0.29) is 5.60 Å². The lowest BCUT2D eigenvalue weighted by Crippen LogP contribution is -2.28. The zero-order valence-corrected chi connectivity index (χ0v) is 10.3. The van der Waals surface area contributed by atoms with Gasteiger partial charge in [-0.1, -0.05) is 46.0 Å². The standard InChI is InChI=1S/C14H26O/c1-3-4-5-12-6-8-13(9-7-12)14(15)10-11(14)2/h11-13,15H,3-10H2,1-2H3. The molecule has 2 atom stereocenters. The number of unbranched alkanes of at least 4 members (excludes halogenated alkanes) is 1. The van der Waals surface area contributed by atoms with E-state index in [0.29, 0.717) is 11.8 Å². The van der Waals surface area contributed by atoms with Crippen molar-refractivity contribution < 1.29 is 5.11 Å². The highest BCUT2D eigenvalue weighted by atomic mass is 16.3. The first-order valence-electron chi connectivity index (χ1n) is 6.89. The normalized spacial score (nSPS) is 45.4. The summed E-state index contributed by atoms with van der Waals surface area (Å²) in [5.74, 6) is 2.18. The average Bonchev–Trinajstić information content (AvgIpc) is 2.86. The van der Waals surface area contributed by atoms with E-state index in [4.69, 9.17) is 0 Å². The summed E-state index contributed by atoms with van der Waals surface area (Å²) in [4.78, 5) is 0. The fourth-order valence-electron chi connectivity index (χ4n) is 3.44. The van der Waals surface area contributed by atoms with Gasteiger partial charge in [0.15, 0.2) is 0 Å². The Hall–Kier alpha value is -0.0400. The highest BCUT2D eigenvalue weighted by molar-refractivity contribution is 5.06. The molecule has 0 aliphatic heterocycles. The van der Waals surface area contributed by atoms with Crippen LogP contribution in [0.5, 0.6) is 0 Å². The summed E-state index contributed by atoms with van der Waals surface area (Å²) in [7, 11) is 0. The third-order valence-electron chi connectivity index (χ3n) is 4.85. The van der Waals surface area contributed by atoms with Gasteiger partial charge in [-0.05, 0) is 37.0 Å². The molecule has 1 heteroatoms. The number of rotatable bonds is 4. The Morgan fingerprint density at radius 1 is 1.20 bits per heavy atom. The minimum atomic E-state index is -0.240. The fourth-order valence-corrected chi connectivity index (χ4v) is 3.44. The molecular formula is C14H26O. The molecule has 2 rings (SSSR count). The Bertz CT molecular complexity index is 205. The van der Waals surface area contributed by atoms with Gasteiger partial charge in [-0.15, -0.1) is 0 Å². The predicted molar refractivity (Wildman–Crippen MR) is 63.7 cm³/mol. The van der Waals surface area contributed by atoms with E-state index in [0.717, 1.165) is 12.3 Å². The maximum absolute atomic E-state index is 10.3. The molecule has 2 aliphatic rings. The molecule has 0 radical (unpaired) electrons. The van der Waals surface area contributed by atoms with Crippen molar-refractivity contribution in [1.82, 2.24) is 0 Å². The molecule has 15 heavy (non-hydrogen) atoms. The molecule has 88 valence electrons. The second-order valence-electron chi connectivity index (χ2n) is 5.96. The van der Waals surface area contributed by atoms with Gasteiger partial charge in [0.1, 0.15) is 0 Å². The van der Waals surface area contributed by atoms with Crippen LogP contribution in [0.3, 0.4) is 0 Å². The smallest absolute Gasteiger partial charge is 0.0705 e. The van der Waals surface area contributed by atoms with E-state index in [9.17, 15) is 5.11 Å². The maximum atomic E-state index is 10.3. The van der Waals surface area contributed by atoms with Crippen LogP contribution in [0.25, 0.3) is 0 Å². The topological polar surface area (TPSA) is 20.2 Å². The molecule has 2 aliphatic carbocycles. The highest BCUT2D eigenvalue weighted by Crippen LogP contribution is 2.53. The van der Waals surface area contributed by atoms with E-state index >= 15 is 0 Å². The van der Waals surface area contributed by atoms with Crippen molar-refractivity contribution in [2.75, 3.05) is 0 Å². The summed E-state index contributed by atoms with van der Waals surface area (Å²) in [6.45, 7) is 4.48. The minimum absolute atomic E-state index is 0.240. The van der Waals surface area contributed by atoms with Crippen molar-refractivity contribution in [3.05, 3.63) is 0 Å². The van der Waals surface area contributed by atoms with E-state index in [1.807, 2.05) is 0 Å². The monoisotopic (exact) mass is 210 g/mol. The van der Waals surface area contributed by atoms with Crippen molar-refractivity contribution >= 4 is 0 Å². The van der Waals surface area contributed by atoms with Gasteiger partial charge in [0, 0.05) is 0 Å². The molecule has 0 saturated heterocycles. The van der Waals surface area contributed by atoms with Crippen LogP contribution in [0.1, 0.15) is 65.2 Å².